The van der Waals surface area contributed by atoms with E-state index in [-0.39, 0.29) is 6.10 Å². The minimum absolute atomic E-state index is 0.0440. The number of carbonyl (C=O) groups excluding carboxylic acids is 1. The van der Waals surface area contributed by atoms with Gasteiger partial charge in [0.05, 0.1) is 5.71 Å². The Bertz CT molecular complexity index is 174. The summed E-state index contributed by atoms with van der Waals surface area (Å²) >= 11 is 0. The van der Waals surface area contributed by atoms with Crippen molar-refractivity contribution in [2.45, 2.75) is 32.8 Å². The number of carbonyl (C=O) groups is 1. The Morgan fingerprint density at radius 1 is 1.60 bits per heavy atom. The van der Waals surface area contributed by atoms with E-state index in [4.69, 9.17) is 4.74 Å². The molecule has 1 aliphatic heterocycles. The molecule has 3 nitrogen and oxygen atoms in total. The minimum Gasteiger partial charge on any atom is -0.438 e. The van der Waals surface area contributed by atoms with Gasteiger partial charge >= 0.3 is 6.09 Å². The Labute approximate surface area is 60.1 Å². The fourth-order valence-corrected chi connectivity index (χ4v) is 1.03. The van der Waals surface area contributed by atoms with Crippen LogP contribution in [0.2, 0.25) is 0 Å². The monoisotopic (exact) mass is 141 g/mol. The smallest absolute Gasteiger partial charge is 0.434 e. The van der Waals surface area contributed by atoms with Crippen molar-refractivity contribution in [3.8, 4) is 0 Å². The number of amides is 1. The summed E-state index contributed by atoms with van der Waals surface area (Å²) in [6.45, 7) is 3.96. The molecule has 1 atom stereocenters. The van der Waals surface area contributed by atoms with Gasteiger partial charge in [0.1, 0.15) is 6.10 Å². The van der Waals surface area contributed by atoms with Gasteiger partial charge in [-0.05, 0) is 12.8 Å². The van der Waals surface area contributed by atoms with Gasteiger partial charge in [-0.15, -0.1) is 0 Å². The Morgan fingerprint density at radius 2 is 2.30 bits per heavy atom. The van der Waals surface area contributed by atoms with Crippen LogP contribution >= 0.6 is 0 Å². The lowest BCUT2D eigenvalue weighted by Gasteiger charge is -2.05. The maximum atomic E-state index is 10.6. The summed E-state index contributed by atoms with van der Waals surface area (Å²) in [5, 5.41) is 0. The summed E-state index contributed by atoms with van der Waals surface area (Å²) in [4.78, 5) is 14.3. The van der Waals surface area contributed by atoms with Gasteiger partial charge in [0, 0.05) is 0 Å². The van der Waals surface area contributed by atoms with E-state index in [2.05, 4.69) is 4.99 Å². The second-order valence-corrected chi connectivity index (χ2v) is 2.24. The molecule has 0 aromatic rings. The van der Waals surface area contributed by atoms with Crippen LogP contribution < -0.4 is 0 Å². The summed E-state index contributed by atoms with van der Waals surface area (Å²) < 4.78 is 4.87. The second kappa shape index (κ2) is 2.82. The predicted octanol–water partition coefficient (Wildman–Crippen LogP) is 1.77. The van der Waals surface area contributed by atoms with Crippen LogP contribution in [0.1, 0.15) is 26.7 Å². The van der Waals surface area contributed by atoms with E-state index in [1.807, 2.05) is 13.8 Å². The van der Waals surface area contributed by atoms with Crippen molar-refractivity contribution in [3.63, 3.8) is 0 Å². The third kappa shape index (κ3) is 1.17. The number of aliphatic imine (C=N–C) groups is 1. The van der Waals surface area contributed by atoms with Crippen molar-refractivity contribution in [1.82, 2.24) is 0 Å². The zero-order valence-corrected chi connectivity index (χ0v) is 6.26. The van der Waals surface area contributed by atoms with Crippen molar-refractivity contribution in [2.75, 3.05) is 0 Å². The summed E-state index contributed by atoms with van der Waals surface area (Å²) in [5.74, 6) is 0. The zero-order valence-electron chi connectivity index (χ0n) is 6.26. The highest BCUT2D eigenvalue weighted by Gasteiger charge is 2.24. The topological polar surface area (TPSA) is 38.7 Å². The largest absolute Gasteiger partial charge is 0.438 e. The standard InChI is InChI=1S/C7H11NO2/c1-3-5-6(4-2)10-7(9)8-5/h6H,3-4H2,1-2H3. The van der Waals surface area contributed by atoms with E-state index in [9.17, 15) is 4.79 Å². The number of rotatable bonds is 2. The lowest BCUT2D eigenvalue weighted by molar-refractivity contribution is 0.146. The molecule has 0 N–H and O–H groups in total. The Morgan fingerprint density at radius 3 is 2.70 bits per heavy atom. The fraction of sp³-hybridized carbons (Fsp3) is 0.714. The number of cyclic esters (lactones) is 1. The molecule has 1 rings (SSSR count). The van der Waals surface area contributed by atoms with Crippen LogP contribution in [0.25, 0.3) is 0 Å². The first-order valence-corrected chi connectivity index (χ1v) is 3.56. The lowest BCUT2D eigenvalue weighted by Crippen LogP contribution is -2.16. The van der Waals surface area contributed by atoms with Gasteiger partial charge in [0.2, 0.25) is 0 Å². The van der Waals surface area contributed by atoms with Gasteiger partial charge in [-0.1, -0.05) is 13.8 Å². The van der Waals surface area contributed by atoms with Crippen molar-refractivity contribution in [3.05, 3.63) is 0 Å². The molecule has 0 bridgehead atoms. The highest BCUT2D eigenvalue weighted by atomic mass is 16.6. The highest BCUT2D eigenvalue weighted by molar-refractivity contribution is 6.00. The number of ether oxygens (including phenoxy) is 1. The maximum Gasteiger partial charge on any atom is 0.434 e. The van der Waals surface area contributed by atoms with Crippen LogP contribution in [-0.4, -0.2) is 17.9 Å². The maximum absolute atomic E-state index is 10.6. The van der Waals surface area contributed by atoms with Crippen molar-refractivity contribution < 1.29 is 9.53 Å². The first-order valence-electron chi connectivity index (χ1n) is 3.56. The highest BCUT2D eigenvalue weighted by Crippen LogP contribution is 2.12. The van der Waals surface area contributed by atoms with Crippen LogP contribution in [0.15, 0.2) is 4.99 Å². The third-order valence-electron chi connectivity index (χ3n) is 1.58. The molecule has 0 radical (unpaired) electrons. The van der Waals surface area contributed by atoms with Gasteiger partial charge in [-0.25, -0.2) is 4.79 Å². The van der Waals surface area contributed by atoms with Crippen LogP contribution in [0.4, 0.5) is 4.79 Å². The molecule has 10 heavy (non-hydrogen) atoms. The summed E-state index contributed by atoms with van der Waals surface area (Å²) in [7, 11) is 0. The minimum atomic E-state index is -0.427. The first-order chi connectivity index (χ1) is 4.77. The van der Waals surface area contributed by atoms with E-state index in [1.54, 1.807) is 0 Å². The molecule has 1 unspecified atom stereocenters. The van der Waals surface area contributed by atoms with Gasteiger partial charge < -0.3 is 4.74 Å². The molecule has 0 fully saturated rings. The summed E-state index contributed by atoms with van der Waals surface area (Å²) in [6, 6.07) is 0. The van der Waals surface area contributed by atoms with Gasteiger partial charge in [-0.3, -0.25) is 0 Å². The third-order valence-corrected chi connectivity index (χ3v) is 1.58. The van der Waals surface area contributed by atoms with Crippen LogP contribution in [0.3, 0.4) is 0 Å². The second-order valence-electron chi connectivity index (χ2n) is 2.24. The normalized spacial score (nSPS) is 24.4. The average molecular weight is 141 g/mol. The molecule has 1 aliphatic rings. The summed E-state index contributed by atoms with van der Waals surface area (Å²) in [6.07, 6.45) is 1.17. The quantitative estimate of drug-likeness (QED) is 0.587. The number of nitrogens with zero attached hydrogens (tertiary/aromatic N) is 1. The van der Waals surface area contributed by atoms with Crippen LogP contribution in [0, 0.1) is 0 Å². The number of hydrogen-bond acceptors (Lipinski definition) is 2. The van der Waals surface area contributed by atoms with Gasteiger partial charge in [0.15, 0.2) is 0 Å². The molecular weight excluding hydrogens is 130 g/mol. The molecule has 0 saturated carbocycles. The van der Waals surface area contributed by atoms with E-state index in [0.717, 1.165) is 18.6 Å². The molecular formula is C7H11NO2. The van der Waals surface area contributed by atoms with Crippen molar-refractivity contribution in [2.24, 2.45) is 4.99 Å². The molecule has 0 spiro atoms. The molecule has 56 valence electrons. The van der Waals surface area contributed by atoms with Gasteiger partial charge in [0.25, 0.3) is 0 Å². The average Bonchev–Trinajstić information content (AvgIpc) is 2.30. The Kier molecular flexibility index (Phi) is 2.04. The molecule has 0 aliphatic carbocycles. The van der Waals surface area contributed by atoms with E-state index < -0.39 is 6.09 Å². The van der Waals surface area contributed by atoms with Gasteiger partial charge in [-0.2, -0.15) is 4.99 Å². The molecule has 1 amide bonds. The Hall–Kier alpha value is -0.860. The molecule has 0 aromatic heterocycles. The molecule has 0 saturated heterocycles. The van der Waals surface area contributed by atoms with Crippen molar-refractivity contribution in [1.29, 1.82) is 0 Å². The fourth-order valence-electron chi connectivity index (χ4n) is 1.03. The SMILES string of the molecule is CCC1=NC(=O)OC1CC. The molecule has 3 heteroatoms. The summed E-state index contributed by atoms with van der Waals surface area (Å²) in [5.41, 5.74) is 0.882. The van der Waals surface area contributed by atoms with E-state index in [0.29, 0.717) is 0 Å². The Balaban J connectivity index is 2.65. The van der Waals surface area contributed by atoms with Crippen LogP contribution in [-0.2, 0) is 4.74 Å². The lowest BCUT2D eigenvalue weighted by atomic mass is 10.1. The first kappa shape index (κ1) is 7.25. The van der Waals surface area contributed by atoms with Crippen molar-refractivity contribution >= 4 is 11.8 Å². The zero-order chi connectivity index (χ0) is 7.56. The number of hydrogen-bond donors (Lipinski definition) is 0. The van der Waals surface area contributed by atoms with E-state index >= 15 is 0 Å². The predicted molar refractivity (Wildman–Crippen MR) is 38.3 cm³/mol. The molecule has 0 aromatic carbocycles. The van der Waals surface area contributed by atoms with E-state index in [1.165, 1.54) is 0 Å². The molecule has 1 heterocycles. The van der Waals surface area contributed by atoms with Crippen LogP contribution in [0.5, 0.6) is 0 Å².